The Balaban J connectivity index is 1.75. The standard InChI is InChI=1S/C15H16N4O4/c20-15(17-10-11-4-3-9-23-11)13-6-2-8-18(13)14-12(19(21)22)5-1-7-16-14/h1,3-5,7,9,13H,2,6,8,10H2,(H,17,20)/t13-/m1/s1. The van der Waals surface area contributed by atoms with Gasteiger partial charge in [0.1, 0.15) is 11.8 Å². The largest absolute Gasteiger partial charge is 0.467 e. The third-order valence-electron chi connectivity index (χ3n) is 3.81. The highest BCUT2D eigenvalue weighted by Gasteiger charge is 2.35. The van der Waals surface area contributed by atoms with Crippen LogP contribution < -0.4 is 10.2 Å². The first kappa shape index (κ1) is 15.0. The molecule has 1 N–H and O–H groups in total. The molecule has 23 heavy (non-hydrogen) atoms. The molecular weight excluding hydrogens is 300 g/mol. The monoisotopic (exact) mass is 316 g/mol. The number of carbonyl (C=O) groups excluding carboxylic acids is 1. The quantitative estimate of drug-likeness (QED) is 0.667. The lowest BCUT2D eigenvalue weighted by Crippen LogP contribution is -2.43. The Labute approximate surface area is 132 Å². The zero-order chi connectivity index (χ0) is 16.2. The third-order valence-corrected chi connectivity index (χ3v) is 3.81. The number of rotatable bonds is 5. The van der Waals surface area contributed by atoms with E-state index in [1.165, 1.54) is 18.3 Å². The van der Waals surface area contributed by atoms with Gasteiger partial charge in [0.15, 0.2) is 0 Å². The summed E-state index contributed by atoms with van der Waals surface area (Å²) < 4.78 is 5.18. The van der Waals surface area contributed by atoms with Crippen molar-refractivity contribution in [3.05, 3.63) is 52.6 Å². The van der Waals surface area contributed by atoms with Crippen LogP contribution in [0, 0.1) is 10.1 Å². The van der Waals surface area contributed by atoms with Crippen LogP contribution in [0.15, 0.2) is 41.1 Å². The van der Waals surface area contributed by atoms with E-state index >= 15 is 0 Å². The molecule has 0 saturated carbocycles. The van der Waals surface area contributed by atoms with Crippen molar-refractivity contribution in [3.8, 4) is 0 Å². The molecule has 2 aromatic heterocycles. The fraction of sp³-hybridized carbons (Fsp3) is 0.333. The van der Waals surface area contributed by atoms with Gasteiger partial charge in [-0.15, -0.1) is 0 Å². The number of hydrogen-bond acceptors (Lipinski definition) is 6. The Morgan fingerprint density at radius 2 is 2.35 bits per heavy atom. The summed E-state index contributed by atoms with van der Waals surface area (Å²) in [5.74, 6) is 0.721. The van der Waals surface area contributed by atoms with Gasteiger partial charge in [-0.3, -0.25) is 14.9 Å². The van der Waals surface area contributed by atoms with Crippen LogP contribution in [-0.2, 0) is 11.3 Å². The molecule has 1 atom stereocenters. The van der Waals surface area contributed by atoms with Gasteiger partial charge in [-0.05, 0) is 31.0 Å². The lowest BCUT2D eigenvalue weighted by Gasteiger charge is -2.24. The SMILES string of the molecule is O=C(NCc1ccco1)[C@H]1CCCN1c1ncccc1[N+](=O)[O-]. The average molecular weight is 316 g/mol. The van der Waals surface area contributed by atoms with Crippen molar-refractivity contribution < 1.29 is 14.1 Å². The summed E-state index contributed by atoms with van der Waals surface area (Å²) in [4.78, 5) is 28.9. The number of furan rings is 1. The molecule has 1 saturated heterocycles. The number of carbonyl (C=O) groups is 1. The van der Waals surface area contributed by atoms with E-state index < -0.39 is 11.0 Å². The van der Waals surface area contributed by atoms with Gasteiger partial charge in [0.2, 0.25) is 11.7 Å². The van der Waals surface area contributed by atoms with E-state index in [1.54, 1.807) is 23.3 Å². The maximum atomic E-state index is 12.4. The van der Waals surface area contributed by atoms with E-state index in [-0.39, 0.29) is 17.4 Å². The molecule has 2 aromatic rings. The number of anilines is 1. The number of hydrogen-bond donors (Lipinski definition) is 1. The number of aromatic nitrogens is 1. The van der Waals surface area contributed by atoms with Crippen LogP contribution in [0.3, 0.4) is 0 Å². The van der Waals surface area contributed by atoms with Gasteiger partial charge in [-0.1, -0.05) is 0 Å². The Morgan fingerprint density at radius 1 is 1.48 bits per heavy atom. The highest BCUT2D eigenvalue weighted by atomic mass is 16.6. The number of amides is 1. The lowest BCUT2D eigenvalue weighted by atomic mass is 10.2. The van der Waals surface area contributed by atoms with E-state index in [4.69, 9.17) is 4.42 Å². The van der Waals surface area contributed by atoms with Crippen LogP contribution >= 0.6 is 0 Å². The number of nitrogens with zero attached hydrogens (tertiary/aromatic N) is 3. The maximum Gasteiger partial charge on any atom is 0.311 e. The zero-order valence-electron chi connectivity index (χ0n) is 12.3. The normalized spacial score (nSPS) is 17.2. The van der Waals surface area contributed by atoms with Gasteiger partial charge in [0, 0.05) is 18.8 Å². The highest BCUT2D eigenvalue weighted by Crippen LogP contribution is 2.31. The van der Waals surface area contributed by atoms with Crippen molar-refractivity contribution in [1.82, 2.24) is 10.3 Å². The number of pyridine rings is 1. The van der Waals surface area contributed by atoms with Crippen molar-refractivity contribution in [2.45, 2.75) is 25.4 Å². The second-order valence-electron chi connectivity index (χ2n) is 5.25. The predicted molar refractivity (Wildman–Crippen MR) is 81.8 cm³/mol. The van der Waals surface area contributed by atoms with Gasteiger partial charge in [-0.2, -0.15) is 0 Å². The first-order valence-electron chi connectivity index (χ1n) is 7.33. The van der Waals surface area contributed by atoms with Crippen molar-refractivity contribution in [2.24, 2.45) is 0 Å². The predicted octanol–water partition coefficient (Wildman–Crippen LogP) is 1.87. The Hall–Kier alpha value is -2.90. The van der Waals surface area contributed by atoms with Crippen molar-refractivity contribution >= 4 is 17.4 Å². The third kappa shape index (κ3) is 3.15. The van der Waals surface area contributed by atoms with Gasteiger partial charge in [-0.25, -0.2) is 4.98 Å². The maximum absolute atomic E-state index is 12.4. The minimum absolute atomic E-state index is 0.0850. The summed E-state index contributed by atoms with van der Waals surface area (Å²) in [5.41, 5.74) is -0.0850. The molecule has 8 heteroatoms. The van der Waals surface area contributed by atoms with Crippen molar-refractivity contribution in [3.63, 3.8) is 0 Å². The molecule has 120 valence electrons. The molecule has 1 aliphatic heterocycles. The van der Waals surface area contributed by atoms with Crippen molar-refractivity contribution in [1.29, 1.82) is 0 Å². The number of nitro groups is 1. The summed E-state index contributed by atoms with van der Waals surface area (Å²) in [6.45, 7) is 0.858. The molecule has 0 aliphatic carbocycles. The van der Waals surface area contributed by atoms with E-state index in [9.17, 15) is 14.9 Å². The van der Waals surface area contributed by atoms with Gasteiger partial charge >= 0.3 is 5.69 Å². The average Bonchev–Trinajstić information content (AvgIpc) is 3.24. The Bertz CT molecular complexity index is 701. The minimum Gasteiger partial charge on any atom is -0.467 e. The number of nitrogens with one attached hydrogen (secondary N) is 1. The first-order valence-corrected chi connectivity index (χ1v) is 7.33. The molecular formula is C15H16N4O4. The first-order chi connectivity index (χ1) is 11.2. The topological polar surface area (TPSA) is 102 Å². The van der Waals surface area contributed by atoms with E-state index in [0.717, 1.165) is 6.42 Å². The van der Waals surface area contributed by atoms with Gasteiger partial charge in [0.25, 0.3) is 0 Å². The molecule has 8 nitrogen and oxygen atoms in total. The van der Waals surface area contributed by atoms with E-state index in [1.807, 2.05) is 0 Å². The lowest BCUT2D eigenvalue weighted by molar-refractivity contribution is -0.384. The van der Waals surface area contributed by atoms with E-state index in [0.29, 0.717) is 25.3 Å². The van der Waals surface area contributed by atoms with Crippen LogP contribution in [0.4, 0.5) is 11.5 Å². The molecule has 0 unspecified atom stereocenters. The molecule has 0 spiro atoms. The summed E-state index contributed by atoms with van der Waals surface area (Å²) in [5, 5.41) is 14.0. The van der Waals surface area contributed by atoms with Crippen LogP contribution in [0.25, 0.3) is 0 Å². The minimum atomic E-state index is -0.474. The molecule has 1 fully saturated rings. The molecule has 1 aliphatic rings. The smallest absolute Gasteiger partial charge is 0.311 e. The molecule has 0 bridgehead atoms. The zero-order valence-corrected chi connectivity index (χ0v) is 12.3. The summed E-state index contributed by atoms with van der Waals surface area (Å²) in [7, 11) is 0. The Kier molecular flexibility index (Phi) is 4.22. The van der Waals surface area contributed by atoms with Crippen LogP contribution in [0.2, 0.25) is 0 Å². The molecule has 3 rings (SSSR count). The molecule has 1 amide bonds. The Morgan fingerprint density at radius 3 is 3.09 bits per heavy atom. The molecule has 0 radical (unpaired) electrons. The summed E-state index contributed by atoms with van der Waals surface area (Å²) in [6.07, 6.45) is 4.46. The van der Waals surface area contributed by atoms with E-state index in [2.05, 4.69) is 10.3 Å². The fourth-order valence-electron chi connectivity index (χ4n) is 2.75. The fourth-order valence-corrected chi connectivity index (χ4v) is 2.75. The van der Waals surface area contributed by atoms with Crippen molar-refractivity contribution in [2.75, 3.05) is 11.4 Å². The van der Waals surface area contributed by atoms with Crippen LogP contribution in [0.5, 0.6) is 0 Å². The second-order valence-corrected chi connectivity index (χ2v) is 5.25. The van der Waals surface area contributed by atoms with Gasteiger partial charge in [0.05, 0.1) is 17.7 Å². The van der Waals surface area contributed by atoms with Gasteiger partial charge < -0.3 is 14.6 Å². The van der Waals surface area contributed by atoms with Crippen LogP contribution in [0.1, 0.15) is 18.6 Å². The van der Waals surface area contributed by atoms with Crippen LogP contribution in [-0.4, -0.2) is 28.4 Å². The summed E-state index contributed by atoms with van der Waals surface area (Å²) in [6, 6.07) is 5.98. The molecule has 3 heterocycles. The summed E-state index contributed by atoms with van der Waals surface area (Å²) >= 11 is 0. The molecule has 0 aromatic carbocycles. The second kappa shape index (κ2) is 6.47. The highest BCUT2D eigenvalue weighted by molar-refractivity contribution is 5.86.